The molecule has 18 heavy (non-hydrogen) atoms. The summed E-state index contributed by atoms with van der Waals surface area (Å²) in [5, 5.41) is 16.4. The van der Waals surface area contributed by atoms with Crippen LogP contribution in [0.15, 0.2) is 22.8 Å². The van der Waals surface area contributed by atoms with E-state index in [-0.39, 0.29) is 22.9 Å². The van der Waals surface area contributed by atoms with Crippen LogP contribution in [-0.4, -0.2) is 21.4 Å². The first-order valence-electron chi connectivity index (χ1n) is 5.02. The first kappa shape index (κ1) is 12.4. The molecule has 0 aliphatic rings. The molecule has 0 bridgehead atoms. The van der Waals surface area contributed by atoms with E-state index in [1.54, 1.807) is 13.0 Å². The lowest BCUT2D eigenvalue weighted by molar-refractivity contribution is 0.0692. The van der Waals surface area contributed by atoms with Crippen molar-refractivity contribution in [1.29, 1.82) is 0 Å². The Labute approximate surface area is 107 Å². The van der Waals surface area contributed by atoms with Crippen LogP contribution in [0.3, 0.4) is 0 Å². The van der Waals surface area contributed by atoms with Crippen LogP contribution in [0.2, 0.25) is 5.02 Å². The largest absolute Gasteiger partial charge is 0.486 e. The number of hydrogen-bond donors (Lipinski definition) is 1. The van der Waals surface area contributed by atoms with E-state index < -0.39 is 5.97 Å². The fourth-order valence-electron chi connectivity index (χ4n) is 1.36. The van der Waals surface area contributed by atoms with Gasteiger partial charge in [0.2, 0.25) is 0 Å². The van der Waals surface area contributed by atoms with Crippen LogP contribution in [0.1, 0.15) is 21.7 Å². The van der Waals surface area contributed by atoms with E-state index >= 15 is 0 Å². The van der Waals surface area contributed by atoms with E-state index in [4.69, 9.17) is 21.4 Å². The molecule has 1 aromatic heterocycles. The summed E-state index contributed by atoms with van der Waals surface area (Å²) >= 11 is 5.81. The number of hydrogen-bond acceptors (Lipinski definition) is 5. The second-order valence-electron chi connectivity index (χ2n) is 3.50. The zero-order valence-corrected chi connectivity index (χ0v) is 10.1. The second kappa shape index (κ2) is 5.05. The Balaban J connectivity index is 2.22. The molecule has 0 aliphatic heterocycles. The van der Waals surface area contributed by atoms with Crippen molar-refractivity contribution in [3.05, 3.63) is 40.2 Å². The lowest BCUT2D eigenvalue weighted by Crippen LogP contribution is -2.05. The third-order valence-electron chi connectivity index (χ3n) is 2.30. The van der Waals surface area contributed by atoms with Crippen LogP contribution in [0.5, 0.6) is 5.75 Å². The first-order chi connectivity index (χ1) is 8.59. The molecule has 0 fully saturated rings. The minimum absolute atomic E-state index is 0.0654. The molecule has 1 N–H and O–H groups in total. The zero-order valence-electron chi connectivity index (χ0n) is 9.38. The SMILES string of the molecule is Cc1nonc1COc1cccc(Cl)c1C(=O)O. The molecule has 0 unspecified atom stereocenters. The van der Waals surface area contributed by atoms with Crippen LogP contribution in [0.25, 0.3) is 0 Å². The van der Waals surface area contributed by atoms with E-state index in [0.29, 0.717) is 11.4 Å². The summed E-state index contributed by atoms with van der Waals surface area (Å²) in [7, 11) is 0. The zero-order chi connectivity index (χ0) is 13.1. The molecule has 2 rings (SSSR count). The molecular formula is C11H9ClN2O4. The number of carboxylic acid groups (broad SMARTS) is 1. The third kappa shape index (κ3) is 2.43. The van der Waals surface area contributed by atoms with Crippen molar-refractivity contribution in [3.8, 4) is 5.75 Å². The first-order valence-corrected chi connectivity index (χ1v) is 5.40. The summed E-state index contributed by atoms with van der Waals surface area (Å²) in [6, 6.07) is 4.62. The predicted molar refractivity (Wildman–Crippen MR) is 61.8 cm³/mol. The molecule has 0 amide bonds. The second-order valence-corrected chi connectivity index (χ2v) is 3.91. The van der Waals surface area contributed by atoms with Gasteiger partial charge in [0.05, 0.1) is 5.02 Å². The fourth-order valence-corrected chi connectivity index (χ4v) is 1.61. The Bertz CT molecular complexity index is 582. The molecule has 0 saturated carbocycles. The van der Waals surface area contributed by atoms with Crippen molar-refractivity contribution in [1.82, 2.24) is 10.3 Å². The van der Waals surface area contributed by atoms with Crippen LogP contribution in [0, 0.1) is 6.92 Å². The minimum atomic E-state index is -1.15. The van der Waals surface area contributed by atoms with Crippen molar-refractivity contribution in [2.24, 2.45) is 0 Å². The van der Waals surface area contributed by atoms with Gasteiger partial charge in [-0.2, -0.15) is 0 Å². The number of carbonyl (C=O) groups is 1. The van der Waals surface area contributed by atoms with Gasteiger partial charge in [-0.25, -0.2) is 9.42 Å². The smallest absolute Gasteiger partial charge is 0.341 e. The Morgan fingerprint density at radius 3 is 2.89 bits per heavy atom. The fraction of sp³-hybridized carbons (Fsp3) is 0.182. The molecule has 0 spiro atoms. The summed E-state index contributed by atoms with van der Waals surface area (Å²) in [6.07, 6.45) is 0. The number of ether oxygens (including phenoxy) is 1. The molecule has 94 valence electrons. The number of rotatable bonds is 4. The van der Waals surface area contributed by atoms with Crippen molar-refractivity contribution in [2.45, 2.75) is 13.5 Å². The van der Waals surface area contributed by atoms with E-state index in [0.717, 1.165) is 0 Å². The van der Waals surface area contributed by atoms with E-state index in [1.165, 1.54) is 12.1 Å². The van der Waals surface area contributed by atoms with Gasteiger partial charge < -0.3 is 9.84 Å². The molecule has 0 saturated heterocycles. The van der Waals surface area contributed by atoms with Gasteiger partial charge in [0.15, 0.2) is 0 Å². The standard InChI is InChI=1S/C11H9ClN2O4/c1-6-8(14-18-13-6)5-17-9-4-2-3-7(12)10(9)11(15)16/h2-4H,5H2,1H3,(H,15,16). The van der Waals surface area contributed by atoms with Crippen molar-refractivity contribution < 1.29 is 19.3 Å². The molecule has 0 atom stereocenters. The van der Waals surface area contributed by atoms with Crippen molar-refractivity contribution in [3.63, 3.8) is 0 Å². The lowest BCUT2D eigenvalue weighted by atomic mass is 10.2. The van der Waals surface area contributed by atoms with Crippen LogP contribution < -0.4 is 4.74 Å². The number of aromatic carboxylic acids is 1. The number of benzene rings is 1. The summed E-state index contributed by atoms with van der Waals surface area (Å²) in [6.45, 7) is 1.78. The Morgan fingerprint density at radius 2 is 2.28 bits per heavy atom. The minimum Gasteiger partial charge on any atom is -0.486 e. The molecule has 7 heteroatoms. The topological polar surface area (TPSA) is 85.5 Å². The maximum Gasteiger partial charge on any atom is 0.341 e. The number of aromatic nitrogens is 2. The number of nitrogens with zero attached hydrogens (tertiary/aromatic N) is 2. The molecule has 0 radical (unpaired) electrons. The van der Waals surface area contributed by atoms with E-state index in [9.17, 15) is 4.79 Å². The lowest BCUT2D eigenvalue weighted by Gasteiger charge is -2.08. The average Bonchev–Trinajstić information content (AvgIpc) is 2.71. The normalized spacial score (nSPS) is 10.3. The van der Waals surface area contributed by atoms with Gasteiger partial charge in [0, 0.05) is 0 Å². The molecule has 1 aromatic carbocycles. The van der Waals surface area contributed by atoms with Crippen LogP contribution in [-0.2, 0) is 6.61 Å². The predicted octanol–water partition coefficient (Wildman–Crippen LogP) is 2.31. The molecule has 1 heterocycles. The van der Waals surface area contributed by atoms with Gasteiger partial charge in [-0.15, -0.1) is 0 Å². The maximum atomic E-state index is 11.1. The maximum absolute atomic E-state index is 11.1. The number of aryl methyl sites for hydroxylation is 1. The summed E-state index contributed by atoms with van der Waals surface area (Å²) in [4.78, 5) is 11.1. The van der Waals surface area contributed by atoms with Crippen molar-refractivity contribution >= 4 is 17.6 Å². The highest BCUT2D eigenvalue weighted by Crippen LogP contribution is 2.27. The van der Waals surface area contributed by atoms with Crippen molar-refractivity contribution in [2.75, 3.05) is 0 Å². The Hall–Kier alpha value is -2.08. The van der Waals surface area contributed by atoms with Gasteiger partial charge in [-0.1, -0.05) is 28.0 Å². The number of halogens is 1. The van der Waals surface area contributed by atoms with Gasteiger partial charge in [-0.3, -0.25) is 0 Å². The van der Waals surface area contributed by atoms with Gasteiger partial charge >= 0.3 is 5.97 Å². The summed E-state index contributed by atoms with van der Waals surface area (Å²) in [5.41, 5.74) is 1.02. The monoisotopic (exact) mass is 268 g/mol. The quantitative estimate of drug-likeness (QED) is 0.916. The average molecular weight is 269 g/mol. The summed E-state index contributed by atoms with van der Waals surface area (Å²) < 4.78 is 9.89. The van der Waals surface area contributed by atoms with Crippen LogP contribution >= 0.6 is 11.6 Å². The molecule has 2 aromatic rings. The third-order valence-corrected chi connectivity index (χ3v) is 2.62. The Kier molecular flexibility index (Phi) is 3.47. The van der Waals surface area contributed by atoms with E-state index in [2.05, 4.69) is 14.9 Å². The molecule has 6 nitrogen and oxygen atoms in total. The van der Waals surface area contributed by atoms with Gasteiger partial charge in [0.25, 0.3) is 0 Å². The highest BCUT2D eigenvalue weighted by Gasteiger charge is 2.16. The molecular weight excluding hydrogens is 260 g/mol. The molecule has 0 aliphatic carbocycles. The van der Waals surface area contributed by atoms with Crippen LogP contribution in [0.4, 0.5) is 0 Å². The summed E-state index contributed by atoms with van der Waals surface area (Å²) in [5.74, 6) is -0.969. The van der Waals surface area contributed by atoms with Gasteiger partial charge in [-0.05, 0) is 19.1 Å². The van der Waals surface area contributed by atoms with Gasteiger partial charge in [0.1, 0.15) is 29.3 Å². The highest BCUT2D eigenvalue weighted by molar-refractivity contribution is 6.33. The Morgan fingerprint density at radius 1 is 1.50 bits per heavy atom. The highest BCUT2D eigenvalue weighted by atomic mass is 35.5. The van der Waals surface area contributed by atoms with E-state index in [1.807, 2.05) is 0 Å². The number of carboxylic acids is 1.